The highest BCUT2D eigenvalue weighted by atomic mass is 32.2. The summed E-state index contributed by atoms with van der Waals surface area (Å²) in [5, 5.41) is 0.987. The van der Waals surface area contributed by atoms with Gasteiger partial charge in [0.25, 0.3) is 0 Å². The van der Waals surface area contributed by atoms with Gasteiger partial charge in [0, 0.05) is 12.9 Å². The standard InChI is InChI=1S/C8H12N2OS/c1-11-4-5-12-8-3-2-7(9)6-10-8/h2-3,6H,4-5,9H2,1H3. The molecule has 0 atom stereocenters. The topological polar surface area (TPSA) is 48.1 Å². The number of nitrogens with zero attached hydrogens (tertiary/aromatic N) is 1. The lowest BCUT2D eigenvalue weighted by molar-refractivity contribution is 0.218. The van der Waals surface area contributed by atoms with E-state index in [0.29, 0.717) is 5.69 Å². The molecule has 0 unspecified atom stereocenters. The van der Waals surface area contributed by atoms with Gasteiger partial charge in [-0.2, -0.15) is 0 Å². The zero-order valence-corrected chi connectivity index (χ0v) is 7.80. The maximum Gasteiger partial charge on any atom is 0.0962 e. The normalized spacial score (nSPS) is 10.1. The van der Waals surface area contributed by atoms with Crippen LogP contribution in [0.3, 0.4) is 0 Å². The molecule has 0 aromatic carbocycles. The number of rotatable bonds is 4. The van der Waals surface area contributed by atoms with Gasteiger partial charge in [0.1, 0.15) is 0 Å². The Balaban J connectivity index is 2.37. The van der Waals surface area contributed by atoms with E-state index in [1.165, 1.54) is 0 Å². The Morgan fingerprint density at radius 2 is 2.42 bits per heavy atom. The van der Waals surface area contributed by atoms with Crippen molar-refractivity contribution in [3.8, 4) is 0 Å². The molecule has 1 rings (SSSR count). The van der Waals surface area contributed by atoms with Crippen LogP contribution in [-0.4, -0.2) is 24.5 Å². The lowest BCUT2D eigenvalue weighted by Gasteiger charge is -1.99. The SMILES string of the molecule is COCCSc1ccc(N)cn1. The van der Waals surface area contributed by atoms with E-state index in [1.807, 2.05) is 12.1 Å². The zero-order valence-electron chi connectivity index (χ0n) is 6.99. The number of nitrogens with two attached hydrogens (primary N) is 1. The summed E-state index contributed by atoms with van der Waals surface area (Å²) < 4.78 is 4.91. The maximum atomic E-state index is 5.49. The van der Waals surface area contributed by atoms with Crippen LogP contribution in [0.5, 0.6) is 0 Å². The molecule has 1 aromatic heterocycles. The second-order valence-electron chi connectivity index (χ2n) is 2.27. The van der Waals surface area contributed by atoms with Crippen LogP contribution in [0.4, 0.5) is 5.69 Å². The lowest BCUT2D eigenvalue weighted by Crippen LogP contribution is -1.92. The monoisotopic (exact) mass is 184 g/mol. The first-order valence-corrected chi connectivity index (χ1v) is 4.65. The van der Waals surface area contributed by atoms with Gasteiger partial charge >= 0.3 is 0 Å². The van der Waals surface area contributed by atoms with Crippen LogP contribution in [0.25, 0.3) is 0 Å². The molecule has 2 N–H and O–H groups in total. The Bertz CT molecular complexity index is 225. The van der Waals surface area contributed by atoms with Crippen molar-refractivity contribution in [1.29, 1.82) is 0 Å². The van der Waals surface area contributed by atoms with Crippen molar-refractivity contribution < 1.29 is 4.74 Å². The molecule has 0 fully saturated rings. The molecule has 0 saturated carbocycles. The second-order valence-corrected chi connectivity index (χ2v) is 3.39. The van der Waals surface area contributed by atoms with E-state index in [4.69, 9.17) is 10.5 Å². The molecule has 1 heterocycles. The van der Waals surface area contributed by atoms with Gasteiger partial charge < -0.3 is 10.5 Å². The number of aromatic nitrogens is 1. The summed E-state index contributed by atoms with van der Waals surface area (Å²) in [5.74, 6) is 0.924. The number of thioether (sulfide) groups is 1. The summed E-state index contributed by atoms with van der Waals surface area (Å²) in [6.45, 7) is 0.747. The predicted octanol–water partition coefficient (Wildman–Crippen LogP) is 1.40. The van der Waals surface area contributed by atoms with E-state index in [0.717, 1.165) is 17.4 Å². The van der Waals surface area contributed by atoms with Gasteiger partial charge in [-0.25, -0.2) is 4.98 Å². The fourth-order valence-corrected chi connectivity index (χ4v) is 1.46. The highest BCUT2D eigenvalue weighted by Crippen LogP contribution is 2.14. The molecule has 12 heavy (non-hydrogen) atoms. The number of anilines is 1. The van der Waals surface area contributed by atoms with Crippen LogP contribution in [0.1, 0.15) is 0 Å². The Hall–Kier alpha value is -0.740. The first-order chi connectivity index (χ1) is 5.83. The fourth-order valence-electron chi connectivity index (χ4n) is 0.707. The first kappa shape index (κ1) is 9.35. The van der Waals surface area contributed by atoms with E-state index in [-0.39, 0.29) is 0 Å². The third-order valence-electron chi connectivity index (χ3n) is 1.30. The number of hydrogen-bond donors (Lipinski definition) is 1. The molecule has 0 bridgehead atoms. The predicted molar refractivity (Wildman–Crippen MR) is 51.2 cm³/mol. The van der Waals surface area contributed by atoms with E-state index >= 15 is 0 Å². The van der Waals surface area contributed by atoms with E-state index in [9.17, 15) is 0 Å². The largest absolute Gasteiger partial charge is 0.397 e. The molecule has 0 aliphatic rings. The van der Waals surface area contributed by atoms with Gasteiger partial charge in [-0.15, -0.1) is 11.8 Å². The van der Waals surface area contributed by atoms with Gasteiger partial charge in [0.2, 0.25) is 0 Å². The van der Waals surface area contributed by atoms with E-state index in [1.54, 1.807) is 25.1 Å². The highest BCUT2D eigenvalue weighted by Gasteiger charge is 1.93. The van der Waals surface area contributed by atoms with Crippen molar-refractivity contribution in [1.82, 2.24) is 4.98 Å². The van der Waals surface area contributed by atoms with Crippen LogP contribution in [0.2, 0.25) is 0 Å². The molecule has 0 amide bonds. The third-order valence-corrected chi connectivity index (χ3v) is 2.20. The number of ether oxygens (including phenoxy) is 1. The van der Waals surface area contributed by atoms with Gasteiger partial charge in [0.05, 0.1) is 23.5 Å². The molecular weight excluding hydrogens is 172 g/mol. The number of pyridine rings is 1. The van der Waals surface area contributed by atoms with Crippen LogP contribution < -0.4 is 5.73 Å². The summed E-state index contributed by atoms with van der Waals surface area (Å²) in [7, 11) is 1.69. The molecular formula is C8H12N2OS. The maximum absolute atomic E-state index is 5.49. The molecule has 66 valence electrons. The van der Waals surface area contributed by atoms with Crippen molar-refractivity contribution in [2.45, 2.75) is 5.03 Å². The van der Waals surface area contributed by atoms with Crippen molar-refractivity contribution in [3.63, 3.8) is 0 Å². The van der Waals surface area contributed by atoms with Gasteiger partial charge in [-0.05, 0) is 12.1 Å². The minimum atomic E-state index is 0.700. The highest BCUT2D eigenvalue weighted by molar-refractivity contribution is 7.99. The molecule has 0 radical (unpaired) electrons. The number of nitrogen functional groups attached to an aromatic ring is 1. The van der Waals surface area contributed by atoms with Gasteiger partial charge in [-0.1, -0.05) is 0 Å². The van der Waals surface area contributed by atoms with Gasteiger partial charge in [0.15, 0.2) is 0 Å². The van der Waals surface area contributed by atoms with Crippen molar-refractivity contribution >= 4 is 17.4 Å². The van der Waals surface area contributed by atoms with Crippen LogP contribution in [-0.2, 0) is 4.74 Å². The minimum absolute atomic E-state index is 0.700. The summed E-state index contributed by atoms with van der Waals surface area (Å²) in [4.78, 5) is 4.13. The summed E-state index contributed by atoms with van der Waals surface area (Å²) in [5.41, 5.74) is 6.19. The molecule has 0 aliphatic heterocycles. The minimum Gasteiger partial charge on any atom is -0.397 e. The summed E-state index contributed by atoms with van der Waals surface area (Å²) >= 11 is 1.66. The molecule has 0 aliphatic carbocycles. The average Bonchev–Trinajstić information content (AvgIpc) is 2.09. The zero-order chi connectivity index (χ0) is 8.81. The molecule has 0 spiro atoms. The molecule has 0 saturated heterocycles. The van der Waals surface area contributed by atoms with Crippen LogP contribution in [0, 0.1) is 0 Å². The van der Waals surface area contributed by atoms with Crippen molar-refractivity contribution in [3.05, 3.63) is 18.3 Å². The summed E-state index contributed by atoms with van der Waals surface area (Å²) in [6.07, 6.45) is 1.66. The Labute approximate surface area is 76.3 Å². The molecule has 3 nitrogen and oxygen atoms in total. The first-order valence-electron chi connectivity index (χ1n) is 3.66. The molecule has 4 heteroatoms. The fraction of sp³-hybridized carbons (Fsp3) is 0.375. The van der Waals surface area contributed by atoms with Crippen molar-refractivity contribution in [2.75, 3.05) is 25.2 Å². The van der Waals surface area contributed by atoms with Gasteiger partial charge in [-0.3, -0.25) is 0 Å². The lowest BCUT2D eigenvalue weighted by atomic mass is 10.4. The Kier molecular flexibility index (Phi) is 3.90. The number of methoxy groups -OCH3 is 1. The van der Waals surface area contributed by atoms with Crippen LogP contribution in [0.15, 0.2) is 23.4 Å². The Morgan fingerprint density at radius 3 is 3.00 bits per heavy atom. The van der Waals surface area contributed by atoms with Crippen LogP contribution >= 0.6 is 11.8 Å². The smallest absolute Gasteiger partial charge is 0.0962 e. The number of hydrogen-bond acceptors (Lipinski definition) is 4. The van der Waals surface area contributed by atoms with E-state index < -0.39 is 0 Å². The quantitative estimate of drug-likeness (QED) is 0.567. The Morgan fingerprint density at radius 1 is 1.58 bits per heavy atom. The van der Waals surface area contributed by atoms with E-state index in [2.05, 4.69) is 4.98 Å². The average molecular weight is 184 g/mol. The molecule has 1 aromatic rings. The van der Waals surface area contributed by atoms with Crippen molar-refractivity contribution in [2.24, 2.45) is 0 Å². The third kappa shape index (κ3) is 3.11. The second kappa shape index (κ2) is 5.00. The summed E-state index contributed by atoms with van der Waals surface area (Å²) in [6, 6.07) is 3.76.